The standard InChI is InChI=1S/C83H102F2N2O6/c1-49-38-58(84)46-64(51(3)76(90-72-26-22-24-36-88-72)52(4)86-67-41-53(79(8,9)10)28-32-60(67)61-33-29-54(42-68(61)86)80(11,12)13)74(49)92-93-75-50(2)39-59(85)47-66(75)65-40-57(83(20,21)48-78(5,6)7)45-71(77(65)91-73-27-23-25-37-89-73)87-69-43-55(81(14,15)16)30-34-62(69)63-35-31-56(44-70(63)87)82(17,18)19/h28-35,38-47,52,72-73H,22-27,36-37,48H2,1-21H3/b76-51-. The van der Waals surface area contributed by atoms with Gasteiger partial charge in [-0.1, -0.05) is 166 Å². The van der Waals surface area contributed by atoms with Gasteiger partial charge in [0.1, 0.15) is 17.4 Å². The van der Waals surface area contributed by atoms with Crippen molar-refractivity contribution in [3.63, 3.8) is 0 Å². The molecule has 8 nitrogen and oxygen atoms in total. The lowest BCUT2D eigenvalue weighted by Gasteiger charge is -2.35. The van der Waals surface area contributed by atoms with Crippen molar-refractivity contribution in [1.29, 1.82) is 0 Å². The van der Waals surface area contributed by atoms with E-state index < -0.39 is 35.7 Å². The van der Waals surface area contributed by atoms with Crippen molar-refractivity contribution in [2.45, 2.75) is 236 Å². The molecule has 4 heterocycles. The Morgan fingerprint density at radius 1 is 0.495 bits per heavy atom. The van der Waals surface area contributed by atoms with Gasteiger partial charge in [-0.05, 0) is 192 Å². The van der Waals surface area contributed by atoms with Crippen LogP contribution in [0.3, 0.4) is 0 Å². The highest BCUT2D eigenvalue weighted by Crippen LogP contribution is 2.51. The molecule has 0 bridgehead atoms. The van der Waals surface area contributed by atoms with Gasteiger partial charge in [-0.2, -0.15) is 0 Å². The summed E-state index contributed by atoms with van der Waals surface area (Å²) in [5.41, 5.74) is 12.9. The molecule has 3 atom stereocenters. The van der Waals surface area contributed by atoms with Crippen molar-refractivity contribution < 1.29 is 37.5 Å². The molecule has 0 spiro atoms. The van der Waals surface area contributed by atoms with Gasteiger partial charge in [0.25, 0.3) is 0 Å². The first-order valence-electron chi connectivity index (χ1n) is 34.1. The molecule has 2 saturated heterocycles. The second-order valence-corrected chi connectivity index (χ2v) is 33.0. The minimum atomic E-state index is -0.594. The van der Waals surface area contributed by atoms with E-state index in [2.05, 4.69) is 219 Å². The van der Waals surface area contributed by atoms with Gasteiger partial charge in [0.15, 0.2) is 29.8 Å². The molecule has 0 aliphatic carbocycles. The second-order valence-electron chi connectivity index (χ2n) is 33.0. The predicted molar refractivity (Wildman–Crippen MR) is 381 cm³/mol. The number of halogens is 2. The topological polar surface area (TPSA) is 65.2 Å². The number of nitrogens with zero attached hydrogens (tertiary/aromatic N) is 2. The fraction of sp³-hybridized carbons (Fsp3) is 0.470. The highest BCUT2D eigenvalue weighted by atomic mass is 19.1. The van der Waals surface area contributed by atoms with Crippen molar-refractivity contribution in [3.05, 3.63) is 171 Å². The predicted octanol–water partition coefficient (Wildman–Crippen LogP) is 23.2. The maximum absolute atomic E-state index is 17.0. The molecule has 2 aliphatic heterocycles. The number of fused-ring (bicyclic) bond motifs is 6. The summed E-state index contributed by atoms with van der Waals surface area (Å²) < 4.78 is 65.9. The first-order valence-corrected chi connectivity index (χ1v) is 34.1. The average Bonchev–Trinajstić information content (AvgIpc) is 1.64. The van der Waals surface area contributed by atoms with Crippen molar-refractivity contribution in [1.82, 2.24) is 9.13 Å². The zero-order chi connectivity index (χ0) is 67.2. The number of aromatic nitrogens is 2. The third kappa shape index (κ3) is 13.7. The van der Waals surface area contributed by atoms with Gasteiger partial charge in [-0.25, -0.2) is 8.78 Å². The summed E-state index contributed by atoms with van der Waals surface area (Å²) >= 11 is 0. The SMILES string of the molecule is C/C(=C(/OC1CCCCO1)C(C)n1c2cc(C(C)(C)C)ccc2c2ccc(C(C)(C)C)cc21)c1cc(F)cc(C)c1OOc1c(C)cc(F)cc1-c1cc(C(C)(C)CC(C)(C)C)cc(-n2c3cc(C(C)(C)C)ccc3c3ccc(C(C)(C)C)cc32)c1OC1CCCCO1. The quantitative estimate of drug-likeness (QED) is 0.0614. The number of ether oxygens (including phenoxy) is 4. The van der Waals surface area contributed by atoms with Crippen molar-refractivity contribution in [2.24, 2.45) is 5.41 Å². The molecule has 11 rings (SSSR count). The highest BCUT2D eigenvalue weighted by Gasteiger charge is 2.35. The third-order valence-electron chi connectivity index (χ3n) is 19.4. The van der Waals surface area contributed by atoms with Gasteiger partial charge in [0.2, 0.25) is 0 Å². The van der Waals surface area contributed by atoms with Crippen LogP contribution in [0.5, 0.6) is 17.2 Å². The number of hydrogen-bond donors (Lipinski definition) is 0. The number of rotatable bonds is 14. The fourth-order valence-corrected chi connectivity index (χ4v) is 14.4. The molecule has 2 aromatic heterocycles. The maximum Gasteiger partial charge on any atom is 0.199 e. The molecule has 93 heavy (non-hydrogen) atoms. The van der Waals surface area contributed by atoms with Crippen LogP contribution in [0.2, 0.25) is 0 Å². The lowest BCUT2D eigenvalue weighted by Crippen LogP contribution is -2.27. The van der Waals surface area contributed by atoms with Crippen molar-refractivity contribution >= 4 is 49.2 Å². The van der Waals surface area contributed by atoms with E-state index in [1.165, 1.54) is 46.5 Å². The molecule has 0 radical (unpaired) electrons. The summed E-state index contributed by atoms with van der Waals surface area (Å²) in [6.07, 6.45) is 4.80. The van der Waals surface area contributed by atoms with E-state index in [1.54, 1.807) is 0 Å². The molecule has 7 aromatic carbocycles. The van der Waals surface area contributed by atoms with Gasteiger partial charge in [-0.3, -0.25) is 9.78 Å². The summed E-state index contributed by atoms with van der Waals surface area (Å²) in [6.45, 7) is 47.3. The van der Waals surface area contributed by atoms with E-state index in [0.717, 1.165) is 87.0 Å². The van der Waals surface area contributed by atoms with Crippen LogP contribution in [0.15, 0.2) is 115 Å². The summed E-state index contributed by atoms with van der Waals surface area (Å²) in [5.74, 6) is 0.806. The van der Waals surface area contributed by atoms with E-state index in [0.29, 0.717) is 71.0 Å². The van der Waals surface area contributed by atoms with Gasteiger partial charge < -0.3 is 28.1 Å². The van der Waals surface area contributed by atoms with Crippen LogP contribution < -0.4 is 14.5 Å². The fourth-order valence-electron chi connectivity index (χ4n) is 14.4. The highest BCUT2D eigenvalue weighted by molar-refractivity contribution is 6.11. The molecule has 2 aliphatic rings. The van der Waals surface area contributed by atoms with E-state index >= 15 is 8.78 Å². The Morgan fingerprint density at radius 2 is 0.925 bits per heavy atom. The zero-order valence-corrected chi connectivity index (χ0v) is 59.6. The summed E-state index contributed by atoms with van der Waals surface area (Å²) in [6, 6.07) is 37.4. The minimum absolute atomic E-state index is 0.0684. The molecular weight excluding hydrogens is 1160 g/mol. The molecule has 2 fully saturated rings. The number of aryl methyl sites for hydroxylation is 2. The van der Waals surface area contributed by atoms with Crippen LogP contribution in [0.1, 0.15) is 227 Å². The van der Waals surface area contributed by atoms with Gasteiger partial charge in [0.05, 0.1) is 47.0 Å². The van der Waals surface area contributed by atoms with Crippen molar-refractivity contribution in [2.75, 3.05) is 13.2 Å². The van der Waals surface area contributed by atoms with Crippen LogP contribution in [-0.4, -0.2) is 34.9 Å². The molecular formula is C83H102F2N2O6. The first kappa shape index (κ1) is 67.3. The Morgan fingerprint density at radius 3 is 1.39 bits per heavy atom. The normalized spacial score (nSPS) is 17.2. The Kier molecular flexibility index (Phi) is 18.0. The smallest absolute Gasteiger partial charge is 0.199 e. The maximum atomic E-state index is 17.0. The van der Waals surface area contributed by atoms with Crippen LogP contribution in [0.25, 0.3) is 66.0 Å². The molecule has 9 aromatic rings. The number of benzene rings is 7. The van der Waals surface area contributed by atoms with Crippen molar-refractivity contribution in [3.8, 4) is 34.1 Å². The Hall–Kier alpha value is -7.14. The van der Waals surface area contributed by atoms with Crippen LogP contribution in [0.4, 0.5) is 8.78 Å². The van der Waals surface area contributed by atoms with Gasteiger partial charge in [-0.15, -0.1) is 0 Å². The first-order chi connectivity index (χ1) is 43.5. The van der Waals surface area contributed by atoms with Crippen LogP contribution in [0, 0.1) is 30.9 Å². The Labute approximate surface area is 552 Å². The van der Waals surface area contributed by atoms with Crippen LogP contribution in [-0.2, 0) is 41.3 Å². The Bertz CT molecular complexity index is 4200. The van der Waals surface area contributed by atoms with E-state index in [-0.39, 0.29) is 38.6 Å². The largest absolute Gasteiger partial charge is 0.467 e. The summed E-state index contributed by atoms with van der Waals surface area (Å²) in [7, 11) is 0. The molecule has 0 saturated carbocycles. The lowest BCUT2D eigenvalue weighted by atomic mass is 9.71. The Balaban J connectivity index is 1.14. The molecule has 3 unspecified atom stereocenters. The van der Waals surface area contributed by atoms with E-state index in [4.69, 9.17) is 28.7 Å². The monoisotopic (exact) mass is 1260 g/mol. The van der Waals surface area contributed by atoms with Crippen LogP contribution >= 0.6 is 0 Å². The number of hydrogen-bond acceptors (Lipinski definition) is 6. The molecule has 0 amide bonds. The lowest BCUT2D eigenvalue weighted by molar-refractivity contribution is -0.142. The summed E-state index contributed by atoms with van der Waals surface area (Å²) in [5, 5.41) is 4.49. The molecule has 10 heteroatoms. The van der Waals surface area contributed by atoms with E-state index in [9.17, 15) is 0 Å². The minimum Gasteiger partial charge on any atom is -0.467 e. The van der Waals surface area contributed by atoms with E-state index in [1.807, 2.05) is 20.8 Å². The third-order valence-corrected chi connectivity index (χ3v) is 19.4. The summed E-state index contributed by atoms with van der Waals surface area (Å²) in [4.78, 5) is 13.7. The number of allylic oxidation sites excluding steroid dienone is 2. The van der Waals surface area contributed by atoms with Gasteiger partial charge >= 0.3 is 0 Å². The average molecular weight is 1260 g/mol. The molecule has 0 N–H and O–H groups in total. The van der Waals surface area contributed by atoms with Gasteiger partial charge in [0, 0.05) is 56.6 Å². The zero-order valence-electron chi connectivity index (χ0n) is 59.6. The second kappa shape index (κ2) is 24.9. The molecule has 494 valence electrons.